The molecule has 0 amide bonds. The first-order valence-electron chi connectivity index (χ1n) is 7.21. The van der Waals surface area contributed by atoms with E-state index < -0.39 is 0 Å². The van der Waals surface area contributed by atoms with Crippen LogP contribution >= 0.6 is 0 Å². The predicted molar refractivity (Wildman–Crippen MR) is 87.8 cm³/mol. The maximum absolute atomic E-state index is 5.58. The number of aryl methyl sites for hydroxylation is 2. The van der Waals surface area contributed by atoms with Gasteiger partial charge >= 0.3 is 0 Å². The largest absolute Gasteiger partial charge is 0.329 e. The van der Waals surface area contributed by atoms with Crippen LogP contribution in [0.15, 0.2) is 24.3 Å². The average molecular weight is 285 g/mol. The molecule has 2 rings (SSSR count). The van der Waals surface area contributed by atoms with Crippen molar-refractivity contribution < 1.29 is 0 Å². The van der Waals surface area contributed by atoms with E-state index in [0.29, 0.717) is 5.82 Å². The first-order chi connectivity index (χ1) is 10.1. The number of nitrogens with zero attached hydrogens (tertiary/aromatic N) is 3. The third kappa shape index (κ3) is 3.31. The fourth-order valence-corrected chi connectivity index (χ4v) is 2.24. The highest BCUT2D eigenvalue weighted by Gasteiger charge is 2.14. The van der Waals surface area contributed by atoms with Crippen molar-refractivity contribution in [2.75, 3.05) is 17.4 Å². The van der Waals surface area contributed by atoms with E-state index in [1.54, 1.807) is 0 Å². The lowest BCUT2D eigenvalue weighted by molar-refractivity contribution is 0.827. The maximum Gasteiger partial charge on any atom is 0.148 e. The zero-order valence-electron chi connectivity index (χ0n) is 13.1. The molecule has 1 aromatic heterocycles. The highest BCUT2D eigenvalue weighted by Crippen LogP contribution is 2.28. The quantitative estimate of drug-likeness (QED) is 0.652. The van der Waals surface area contributed by atoms with Crippen LogP contribution in [0, 0.1) is 13.8 Å². The first-order valence-corrected chi connectivity index (χ1v) is 7.21. The summed E-state index contributed by atoms with van der Waals surface area (Å²) in [4.78, 5) is 11.2. The van der Waals surface area contributed by atoms with Crippen molar-refractivity contribution in [1.82, 2.24) is 9.97 Å². The highest BCUT2D eigenvalue weighted by atomic mass is 15.3. The summed E-state index contributed by atoms with van der Waals surface area (Å²) < 4.78 is 0. The van der Waals surface area contributed by atoms with Crippen molar-refractivity contribution in [3.05, 3.63) is 41.2 Å². The number of aromatic nitrogens is 2. The molecule has 0 saturated heterocycles. The average Bonchev–Trinajstić information content (AvgIpc) is 2.49. The van der Waals surface area contributed by atoms with Gasteiger partial charge in [0.05, 0.1) is 0 Å². The summed E-state index contributed by atoms with van der Waals surface area (Å²) in [5, 5.41) is 0. The molecule has 1 aromatic carbocycles. The van der Waals surface area contributed by atoms with Crippen molar-refractivity contribution in [1.29, 1.82) is 0 Å². The first kappa shape index (κ1) is 15.3. The number of hydrogen-bond donors (Lipinski definition) is 2. The van der Waals surface area contributed by atoms with Gasteiger partial charge in [-0.3, -0.25) is 0 Å². The van der Waals surface area contributed by atoms with Crippen LogP contribution in [0.1, 0.15) is 30.3 Å². The van der Waals surface area contributed by atoms with Gasteiger partial charge in [0.2, 0.25) is 0 Å². The molecule has 1 heterocycles. The van der Waals surface area contributed by atoms with Gasteiger partial charge in [-0.2, -0.15) is 0 Å². The second-order valence-electron chi connectivity index (χ2n) is 5.23. The maximum atomic E-state index is 5.58. The van der Waals surface area contributed by atoms with E-state index in [0.717, 1.165) is 35.7 Å². The minimum Gasteiger partial charge on any atom is -0.329 e. The van der Waals surface area contributed by atoms with Gasteiger partial charge in [0, 0.05) is 24.7 Å². The Hall–Kier alpha value is -2.14. The Bertz CT molecular complexity index is 607. The Morgan fingerprint density at radius 1 is 1.14 bits per heavy atom. The van der Waals surface area contributed by atoms with Gasteiger partial charge in [0.15, 0.2) is 0 Å². The van der Waals surface area contributed by atoms with Crippen LogP contribution in [0.5, 0.6) is 0 Å². The summed E-state index contributed by atoms with van der Waals surface area (Å²) in [7, 11) is 2.01. The Morgan fingerprint density at radius 3 is 2.38 bits per heavy atom. The monoisotopic (exact) mass is 285 g/mol. The number of nitrogen functional groups attached to an aromatic ring is 1. The predicted octanol–water partition coefficient (Wildman–Crippen LogP) is 3.10. The molecule has 2 aromatic rings. The summed E-state index contributed by atoms with van der Waals surface area (Å²) in [5.41, 5.74) is 5.95. The molecule has 0 spiro atoms. The van der Waals surface area contributed by atoms with E-state index in [-0.39, 0.29) is 0 Å². The van der Waals surface area contributed by atoms with Crippen LogP contribution in [-0.2, 0) is 6.42 Å². The van der Waals surface area contributed by atoms with E-state index in [1.165, 1.54) is 5.56 Å². The number of hydrogen-bond acceptors (Lipinski definition) is 5. The molecule has 5 nitrogen and oxygen atoms in total. The fraction of sp³-hybridized carbons (Fsp3) is 0.375. The van der Waals surface area contributed by atoms with Crippen LogP contribution in [0.25, 0.3) is 0 Å². The molecule has 0 aliphatic rings. The van der Waals surface area contributed by atoms with Gasteiger partial charge in [-0.15, -0.1) is 0 Å². The molecule has 0 bridgehead atoms. The second-order valence-corrected chi connectivity index (χ2v) is 5.23. The third-order valence-electron chi connectivity index (χ3n) is 3.52. The lowest BCUT2D eigenvalue weighted by Gasteiger charge is -2.22. The van der Waals surface area contributed by atoms with Crippen molar-refractivity contribution >= 4 is 17.3 Å². The van der Waals surface area contributed by atoms with E-state index in [1.807, 2.05) is 14.0 Å². The fourth-order valence-electron chi connectivity index (χ4n) is 2.24. The summed E-state index contributed by atoms with van der Waals surface area (Å²) in [6.45, 7) is 6.17. The lowest BCUT2D eigenvalue weighted by Crippen LogP contribution is -2.18. The number of anilines is 3. The Balaban J connectivity index is 2.45. The van der Waals surface area contributed by atoms with Crippen molar-refractivity contribution in [3.8, 4) is 0 Å². The van der Waals surface area contributed by atoms with Gasteiger partial charge in [0.1, 0.15) is 17.5 Å². The molecule has 0 saturated carbocycles. The normalized spacial score (nSPS) is 10.5. The molecule has 0 aliphatic heterocycles. The van der Waals surface area contributed by atoms with Gasteiger partial charge < -0.3 is 10.3 Å². The second kappa shape index (κ2) is 6.54. The van der Waals surface area contributed by atoms with E-state index in [9.17, 15) is 0 Å². The van der Waals surface area contributed by atoms with E-state index in [2.05, 4.69) is 58.4 Å². The standard InChI is InChI=1S/C16H23N5/c1-5-6-14-18-15(20-17)12(3)16(19-14)21(4)13-9-7-11(2)8-10-13/h7-10H,5-6,17H2,1-4H3,(H,18,19,20). The van der Waals surface area contributed by atoms with Gasteiger partial charge in [-0.25, -0.2) is 15.8 Å². The Labute approximate surface area is 126 Å². The molecule has 0 radical (unpaired) electrons. The van der Waals surface area contributed by atoms with E-state index in [4.69, 9.17) is 5.84 Å². The van der Waals surface area contributed by atoms with Crippen molar-refractivity contribution in [3.63, 3.8) is 0 Å². The molecule has 3 N–H and O–H groups in total. The number of nitrogens with one attached hydrogen (secondary N) is 1. The molecule has 0 atom stereocenters. The SMILES string of the molecule is CCCc1nc(NN)c(C)c(N(C)c2ccc(C)cc2)n1. The van der Waals surface area contributed by atoms with Crippen LogP contribution < -0.4 is 16.2 Å². The van der Waals surface area contributed by atoms with Crippen molar-refractivity contribution in [2.24, 2.45) is 5.84 Å². The summed E-state index contributed by atoms with van der Waals surface area (Å²) >= 11 is 0. The number of rotatable bonds is 5. The van der Waals surface area contributed by atoms with Crippen LogP contribution in [-0.4, -0.2) is 17.0 Å². The minimum atomic E-state index is 0.683. The number of hydrazine groups is 1. The van der Waals surface area contributed by atoms with Gasteiger partial charge in [0.25, 0.3) is 0 Å². The molecular weight excluding hydrogens is 262 g/mol. The Morgan fingerprint density at radius 2 is 1.81 bits per heavy atom. The highest BCUT2D eigenvalue weighted by molar-refractivity contribution is 5.66. The number of benzene rings is 1. The molecular formula is C16H23N5. The zero-order chi connectivity index (χ0) is 15.4. The van der Waals surface area contributed by atoms with Gasteiger partial charge in [-0.1, -0.05) is 24.6 Å². The third-order valence-corrected chi connectivity index (χ3v) is 3.52. The molecule has 5 heteroatoms. The molecule has 0 fully saturated rings. The van der Waals surface area contributed by atoms with Crippen LogP contribution in [0.4, 0.5) is 17.3 Å². The smallest absolute Gasteiger partial charge is 0.148 e. The minimum absolute atomic E-state index is 0.683. The molecule has 21 heavy (non-hydrogen) atoms. The molecule has 112 valence electrons. The number of nitrogens with two attached hydrogens (primary N) is 1. The lowest BCUT2D eigenvalue weighted by atomic mass is 10.2. The summed E-state index contributed by atoms with van der Waals surface area (Å²) in [5.74, 6) is 7.96. The van der Waals surface area contributed by atoms with Crippen LogP contribution in [0.3, 0.4) is 0 Å². The molecule has 0 aliphatic carbocycles. The topological polar surface area (TPSA) is 67.1 Å². The van der Waals surface area contributed by atoms with E-state index >= 15 is 0 Å². The molecule has 0 unspecified atom stereocenters. The zero-order valence-corrected chi connectivity index (χ0v) is 13.1. The summed E-state index contributed by atoms with van der Waals surface area (Å²) in [6.07, 6.45) is 1.84. The van der Waals surface area contributed by atoms with Gasteiger partial charge in [-0.05, 0) is 32.4 Å². The van der Waals surface area contributed by atoms with Crippen LogP contribution in [0.2, 0.25) is 0 Å². The Kier molecular flexibility index (Phi) is 4.75. The summed E-state index contributed by atoms with van der Waals surface area (Å²) in [6, 6.07) is 8.37. The van der Waals surface area contributed by atoms with Crippen molar-refractivity contribution in [2.45, 2.75) is 33.6 Å².